The number of piperazine rings is 1. The Morgan fingerprint density at radius 3 is 2.52 bits per heavy atom. The molecule has 1 saturated heterocycles. The third-order valence-electron chi connectivity index (χ3n) is 3.94. The SMILES string of the molecule is COC(=O)CCN1CCN(S(=O)(=O)c2cccc(F)c2[N+](=O)[O-])CC1. The van der Waals surface area contributed by atoms with Crippen molar-refractivity contribution in [3.05, 3.63) is 34.1 Å². The highest BCUT2D eigenvalue weighted by atomic mass is 32.2. The Bertz CT molecular complexity index is 762. The van der Waals surface area contributed by atoms with Crippen LogP contribution in [0.3, 0.4) is 0 Å². The van der Waals surface area contributed by atoms with Crippen molar-refractivity contribution < 1.29 is 27.3 Å². The van der Waals surface area contributed by atoms with Gasteiger partial charge in [0.2, 0.25) is 15.8 Å². The molecule has 1 aliphatic heterocycles. The van der Waals surface area contributed by atoms with Gasteiger partial charge in [0.25, 0.3) is 0 Å². The summed E-state index contributed by atoms with van der Waals surface area (Å²) in [5.74, 6) is -1.55. The fourth-order valence-electron chi connectivity index (χ4n) is 2.56. The molecule has 0 atom stereocenters. The Labute approximate surface area is 144 Å². The predicted octanol–water partition coefficient (Wildman–Crippen LogP) is 0.603. The number of carbonyl (C=O) groups is 1. The van der Waals surface area contributed by atoms with Crippen LogP contribution < -0.4 is 0 Å². The van der Waals surface area contributed by atoms with Crippen LogP contribution in [-0.2, 0) is 19.6 Å². The number of para-hydroxylation sites is 1. The van der Waals surface area contributed by atoms with E-state index in [-0.39, 0.29) is 25.5 Å². The number of carbonyl (C=O) groups excluding carboxylic acids is 1. The Hall–Kier alpha value is -2.11. The standard InChI is InChI=1S/C14H18FN3O6S/c1-24-13(19)5-6-16-7-9-17(10-8-16)25(22,23)12-4-2-3-11(15)14(12)18(20)21/h2-4H,5-10H2,1H3. The quantitative estimate of drug-likeness (QED) is 0.407. The molecule has 0 radical (unpaired) electrons. The molecule has 1 heterocycles. The largest absolute Gasteiger partial charge is 0.469 e. The number of benzene rings is 1. The zero-order valence-electron chi connectivity index (χ0n) is 13.6. The molecule has 0 N–H and O–H groups in total. The highest BCUT2D eigenvalue weighted by molar-refractivity contribution is 7.89. The minimum Gasteiger partial charge on any atom is -0.469 e. The van der Waals surface area contributed by atoms with Gasteiger partial charge in [-0.25, -0.2) is 8.42 Å². The first kappa shape index (κ1) is 19.2. The maximum atomic E-state index is 13.7. The molecule has 9 nitrogen and oxygen atoms in total. The number of methoxy groups -OCH3 is 1. The minimum atomic E-state index is -4.19. The number of sulfonamides is 1. The van der Waals surface area contributed by atoms with E-state index in [2.05, 4.69) is 4.74 Å². The van der Waals surface area contributed by atoms with Crippen molar-refractivity contribution in [2.24, 2.45) is 0 Å². The van der Waals surface area contributed by atoms with Crippen LogP contribution in [0.1, 0.15) is 6.42 Å². The van der Waals surface area contributed by atoms with Gasteiger partial charge in [-0.2, -0.15) is 8.70 Å². The summed E-state index contributed by atoms with van der Waals surface area (Å²) < 4.78 is 44.6. The van der Waals surface area contributed by atoms with Crippen LogP contribution in [0.2, 0.25) is 0 Å². The lowest BCUT2D eigenvalue weighted by Crippen LogP contribution is -2.49. The van der Waals surface area contributed by atoms with Crippen LogP contribution in [0.25, 0.3) is 0 Å². The summed E-state index contributed by atoms with van der Waals surface area (Å²) in [6.07, 6.45) is 0.193. The lowest BCUT2D eigenvalue weighted by Gasteiger charge is -2.33. The number of nitro groups is 1. The molecule has 138 valence electrons. The molecule has 1 aromatic rings. The number of ether oxygens (including phenoxy) is 1. The maximum Gasteiger partial charge on any atom is 0.324 e. The molecule has 0 bridgehead atoms. The number of esters is 1. The zero-order valence-corrected chi connectivity index (χ0v) is 14.4. The molecular formula is C14H18FN3O6S. The van der Waals surface area contributed by atoms with Gasteiger partial charge in [-0.3, -0.25) is 14.9 Å². The third kappa shape index (κ3) is 4.30. The number of nitrogens with zero attached hydrogens (tertiary/aromatic N) is 3. The van der Waals surface area contributed by atoms with E-state index in [0.29, 0.717) is 19.6 Å². The highest BCUT2D eigenvalue weighted by Gasteiger charge is 2.35. The summed E-state index contributed by atoms with van der Waals surface area (Å²) in [5.41, 5.74) is -1.05. The first-order valence-corrected chi connectivity index (χ1v) is 8.93. The average Bonchev–Trinajstić information content (AvgIpc) is 2.59. The second-order valence-corrected chi connectivity index (χ2v) is 7.32. The average molecular weight is 375 g/mol. The van der Waals surface area contributed by atoms with Crippen LogP contribution in [0.5, 0.6) is 0 Å². The van der Waals surface area contributed by atoms with E-state index >= 15 is 0 Å². The molecule has 1 aliphatic rings. The van der Waals surface area contributed by atoms with Crippen molar-refractivity contribution in [3.63, 3.8) is 0 Å². The van der Waals surface area contributed by atoms with Gasteiger partial charge in [-0.05, 0) is 12.1 Å². The second kappa shape index (κ2) is 7.85. The van der Waals surface area contributed by atoms with Crippen molar-refractivity contribution >= 4 is 21.7 Å². The van der Waals surface area contributed by atoms with Gasteiger partial charge in [0.1, 0.15) is 0 Å². The summed E-state index contributed by atoms with van der Waals surface area (Å²) in [5, 5.41) is 11.0. The normalized spacial score (nSPS) is 16.6. The topological polar surface area (TPSA) is 110 Å². The molecule has 25 heavy (non-hydrogen) atoms. The highest BCUT2D eigenvalue weighted by Crippen LogP contribution is 2.29. The molecule has 2 rings (SSSR count). The zero-order chi connectivity index (χ0) is 18.6. The van der Waals surface area contributed by atoms with E-state index in [1.807, 2.05) is 4.90 Å². The number of hydrogen-bond acceptors (Lipinski definition) is 7. The Kier molecular flexibility index (Phi) is 6.03. The number of hydrogen-bond donors (Lipinski definition) is 0. The summed E-state index contributed by atoms with van der Waals surface area (Å²) in [6, 6.07) is 3.00. The van der Waals surface area contributed by atoms with E-state index in [1.54, 1.807) is 0 Å². The number of rotatable bonds is 6. The Morgan fingerprint density at radius 2 is 1.96 bits per heavy atom. The predicted molar refractivity (Wildman–Crippen MR) is 84.9 cm³/mol. The molecule has 0 unspecified atom stereocenters. The summed E-state index contributed by atoms with van der Waals surface area (Å²) in [7, 11) is -2.90. The summed E-state index contributed by atoms with van der Waals surface area (Å²) >= 11 is 0. The Balaban J connectivity index is 2.12. The molecule has 11 heteroatoms. The molecule has 0 aromatic heterocycles. The minimum absolute atomic E-state index is 0.0944. The fraction of sp³-hybridized carbons (Fsp3) is 0.500. The third-order valence-corrected chi connectivity index (χ3v) is 5.87. The van der Waals surface area contributed by atoms with Gasteiger partial charge >= 0.3 is 11.7 Å². The molecule has 0 spiro atoms. The van der Waals surface area contributed by atoms with Gasteiger partial charge in [0, 0.05) is 32.7 Å². The van der Waals surface area contributed by atoms with E-state index in [1.165, 1.54) is 7.11 Å². The smallest absolute Gasteiger partial charge is 0.324 e. The van der Waals surface area contributed by atoms with E-state index in [4.69, 9.17) is 0 Å². The molecule has 1 fully saturated rings. The van der Waals surface area contributed by atoms with Crippen molar-refractivity contribution in [1.29, 1.82) is 0 Å². The first-order chi connectivity index (χ1) is 11.8. The van der Waals surface area contributed by atoms with E-state index in [0.717, 1.165) is 22.5 Å². The van der Waals surface area contributed by atoms with Crippen molar-refractivity contribution in [1.82, 2.24) is 9.21 Å². The first-order valence-electron chi connectivity index (χ1n) is 7.49. The van der Waals surface area contributed by atoms with Crippen LogP contribution >= 0.6 is 0 Å². The van der Waals surface area contributed by atoms with Crippen LogP contribution in [-0.4, -0.2) is 68.3 Å². The van der Waals surface area contributed by atoms with Crippen LogP contribution in [0, 0.1) is 15.9 Å². The molecular weight excluding hydrogens is 357 g/mol. The van der Waals surface area contributed by atoms with E-state index < -0.39 is 31.3 Å². The summed E-state index contributed by atoms with van der Waals surface area (Å²) in [6.45, 7) is 1.34. The van der Waals surface area contributed by atoms with Gasteiger partial charge in [0.05, 0.1) is 18.5 Å². The van der Waals surface area contributed by atoms with Gasteiger partial charge in [0.15, 0.2) is 4.90 Å². The molecule has 0 saturated carbocycles. The lowest BCUT2D eigenvalue weighted by atomic mass is 10.3. The number of nitro benzene ring substituents is 1. The van der Waals surface area contributed by atoms with Crippen molar-refractivity contribution in [2.45, 2.75) is 11.3 Å². The second-order valence-electron chi connectivity index (χ2n) is 5.42. The lowest BCUT2D eigenvalue weighted by molar-refractivity contribution is -0.390. The van der Waals surface area contributed by atoms with Gasteiger partial charge in [-0.15, -0.1) is 0 Å². The Morgan fingerprint density at radius 1 is 1.32 bits per heavy atom. The fourth-order valence-corrected chi connectivity index (χ4v) is 4.15. The maximum absolute atomic E-state index is 13.7. The van der Waals surface area contributed by atoms with E-state index in [9.17, 15) is 27.7 Å². The summed E-state index contributed by atoms with van der Waals surface area (Å²) in [4.78, 5) is 22.4. The van der Waals surface area contributed by atoms with Crippen LogP contribution in [0.15, 0.2) is 23.1 Å². The van der Waals surface area contributed by atoms with Crippen LogP contribution in [0.4, 0.5) is 10.1 Å². The van der Waals surface area contributed by atoms with Crippen molar-refractivity contribution in [2.75, 3.05) is 39.8 Å². The number of halogens is 1. The molecule has 0 aliphatic carbocycles. The van der Waals surface area contributed by atoms with Crippen molar-refractivity contribution in [3.8, 4) is 0 Å². The molecule has 1 aromatic carbocycles. The van der Waals surface area contributed by atoms with Gasteiger partial charge in [-0.1, -0.05) is 6.07 Å². The monoisotopic (exact) mass is 375 g/mol. The van der Waals surface area contributed by atoms with Gasteiger partial charge < -0.3 is 9.64 Å². The molecule has 0 amide bonds.